The van der Waals surface area contributed by atoms with Gasteiger partial charge in [-0.1, -0.05) is 0 Å². The van der Waals surface area contributed by atoms with E-state index in [0.717, 1.165) is 25.7 Å². The van der Waals surface area contributed by atoms with Gasteiger partial charge in [-0.25, -0.2) is 13.4 Å². The van der Waals surface area contributed by atoms with Crippen LogP contribution >= 0.6 is 0 Å². The van der Waals surface area contributed by atoms with Gasteiger partial charge in [0.1, 0.15) is 5.76 Å². The van der Waals surface area contributed by atoms with Crippen molar-refractivity contribution in [3.05, 3.63) is 17.8 Å². The Hall–Kier alpha value is -1.90. The third-order valence-electron chi connectivity index (χ3n) is 5.89. The van der Waals surface area contributed by atoms with Crippen molar-refractivity contribution in [3.63, 3.8) is 0 Å². The number of piperazine rings is 1. The standard InChI is InChI=1S/C17H21N3O5S/c21-16(11-3-4-11)19-5-6-20(13-8-26(23,24)7-12(13)19)17(22)14-15(10-1-2-10)25-9-18-14/h9-13H,1-8H2/t12-,13+/m1/s1. The van der Waals surface area contributed by atoms with Crippen LogP contribution in [0, 0.1) is 5.92 Å². The third-order valence-corrected chi connectivity index (χ3v) is 7.59. The van der Waals surface area contributed by atoms with E-state index in [-0.39, 0.29) is 35.2 Å². The van der Waals surface area contributed by atoms with E-state index in [1.54, 1.807) is 9.80 Å². The predicted octanol–water partition coefficient (Wildman–Crippen LogP) is 0.412. The van der Waals surface area contributed by atoms with Crippen molar-refractivity contribution in [1.82, 2.24) is 14.8 Å². The zero-order chi connectivity index (χ0) is 18.1. The molecule has 1 aromatic heterocycles. The third kappa shape index (κ3) is 2.64. The monoisotopic (exact) mass is 379 g/mol. The minimum absolute atomic E-state index is 0.0400. The largest absolute Gasteiger partial charge is 0.447 e. The number of oxazole rings is 1. The summed E-state index contributed by atoms with van der Waals surface area (Å²) in [6.07, 6.45) is 5.02. The van der Waals surface area contributed by atoms with Crippen molar-refractivity contribution in [2.45, 2.75) is 43.7 Å². The molecule has 26 heavy (non-hydrogen) atoms. The Morgan fingerprint density at radius 3 is 2.35 bits per heavy atom. The summed E-state index contributed by atoms with van der Waals surface area (Å²) in [5, 5.41) is 0. The molecule has 0 N–H and O–H groups in total. The summed E-state index contributed by atoms with van der Waals surface area (Å²) >= 11 is 0. The minimum Gasteiger partial charge on any atom is -0.447 e. The highest BCUT2D eigenvalue weighted by molar-refractivity contribution is 7.91. The van der Waals surface area contributed by atoms with Crippen LogP contribution in [0.2, 0.25) is 0 Å². The lowest BCUT2D eigenvalue weighted by Gasteiger charge is -2.43. The van der Waals surface area contributed by atoms with Crippen LogP contribution in [0.25, 0.3) is 0 Å². The van der Waals surface area contributed by atoms with E-state index in [0.29, 0.717) is 24.5 Å². The summed E-state index contributed by atoms with van der Waals surface area (Å²) < 4.78 is 30.0. The lowest BCUT2D eigenvalue weighted by atomic mass is 10.0. The smallest absolute Gasteiger partial charge is 0.276 e. The Kier molecular flexibility index (Phi) is 3.47. The van der Waals surface area contributed by atoms with Gasteiger partial charge in [0.25, 0.3) is 5.91 Å². The number of carbonyl (C=O) groups is 2. The summed E-state index contributed by atoms with van der Waals surface area (Å²) in [6, 6.07) is -0.935. The molecular weight excluding hydrogens is 358 g/mol. The number of nitrogens with zero attached hydrogens (tertiary/aromatic N) is 3. The molecule has 2 atom stereocenters. The molecule has 2 saturated heterocycles. The van der Waals surface area contributed by atoms with Crippen LogP contribution in [-0.2, 0) is 14.6 Å². The molecular formula is C17H21N3O5S. The highest BCUT2D eigenvalue weighted by atomic mass is 32.2. The van der Waals surface area contributed by atoms with Gasteiger partial charge in [-0.3, -0.25) is 9.59 Å². The first-order valence-corrected chi connectivity index (χ1v) is 11.0. The van der Waals surface area contributed by atoms with Crippen LogP contribution in [0.1, 0.15) is 47.8 Å². The first-order chi connectivity index (χ1) is 12.4. The second-order valence-corrected chi connectivity index (χ2v) is 10.0. The van der Waals surface area contributed by atoms with Crippen molar-refractivity contribution < 1.29 is 22.4 Å². The van der Waals surface area contributed by atoms with E-state index in [9.17, 15) is 18.0 Å². The molecule has 2 saturated carbocycles. The van der Waals surface area contributed by atoms with E-state index in [2.05, 4.69) is 4.98 Å². The summed E-state index contributed by atoms with van der Waals surface area (Å²) in [4.78, 5) is 33.1. The van der Waals surface area contributed by atoms with Crippen LogP contribution in [0.15, 0.2) is 10.8 Å². The molecule has 2 aliphatic heterocycles. The van der Waals surface area contributed by atoms with Crippen LogP contribution in [0.3, 0.4) is 0 Å². The zero-order valence-electron chi connectivity index (χ0n) is 14.3. The Bertz CT molecular complexity index is 871. The molecule has 5 rings (SSSR count). The maximum absolute atomic E-state index is 13.1. The van der Waals surface area contributed by atoms with Gasteiger partial charge in [0, 0.05) is 24.9 Å². The molecule has 4 aliphatic rings. The molecule has 0 aromatic carbocycles. The summed E-state index contributed by atoms with van der Waals surface area (Å²) in [6.45, 7) is 0.722. The van der Waals surface area contributed by atoms with Crippen LogP contribution < -0.4 is 0 Å². The Balaban J connectivity index is 1.44. The maximum Gasteiger partial charge on any atom is 0.276 e. The summed E-state index contributed by atoms with van der Waals surface area (Å²) in [5.74, 6) is 0.526. The number of sulfone groups is 1. The van der Waals surface area contributed by atoms with E-state index < -0.39 is 21.9 Å². The SMILES string of the molecule is O=C(C1CC1)N1CCN(C(=O)c2ncoc2C2CC2)[C@H]2CS(=O)(=O)C[C@H]21. The fraction of sp³-hybridized carbons (Fsp3) is 0.706. The van der Waals surface area contributed by atoms with Gasteiger partial charge in [0.05, 0.1) is 23.6 Å². The molecule has 2 amide bonds. The van der Waals surface area contributed by atoms with Gasteiger partial charge in [-0.15, -0.1) is 0 Å². The summed E-state index contributed by atoms with van der Waals surface area (Å²) in [7, 11) is -3.28. The van der Waals surface area contributed by atoms with Gasteiger partial charge in [0.2, 0.25) is 5.91 Å². The average molecular weight is 379 g/mol. The second-order valence-electron chi connectivity index (χ2n) is 7.86. The Morgan fingerprint density at radius 2 is 1.69 bits per heavy atom. The van der Waals surface area contributed by atoms with Crippen LogP contribution in [0.4, 0.5) is 0 Å². The average Bonchev–Trinajstić information content (AvgIpc) is 3.53. The van der Waals surface area contributed by atoms with E-state index in [1.807, 2.05) is 0 Å². The fourth-order valence-corrected chi connectivity index (χ4v) is 6.21. The van der Waals surface area contributed by atoms with E-state index in [4.69, 9.17) is 4.42 Å². The molecule has 0 bridgehead atoms. The molecule has 9 heteroatoms. The number of rotatable bonds is 3. The number of aromatic nitrogens is 1. The normalized spacial score (nSPS) is 30.3. The lowest BCUT2D eigenvalue weighted by molar-refractivity contribution is -0.137. The quantitative estimate of drug-likeness (QED) is 0.754. The van der Waals surface area contributed by atoms with Gasteiger partial charge in [0.15, 0.2) is 21.9 Å². The second kappa shape index (κ2) is 5.55. The van der Waals surface area contributed by atoms with Gasteiger partial charge < -0.3 is 14.2 Å². The molecule has 0 radical (unpaired) electrons. The van der Waals surface area contributed by atoms with E-state index >= 15 is 0 Å². The van der Waals surface area contributed by atoms with Crippen molar-refractivity contribution in [2.24, 2.45) is 5.92 Å². The molecule has 4 fully saturated rings. The van der Waals surface area contributed by atoms with Crippen molar-refractivity contribution in [3.8, 4) is 0 Å². The summed E-state index contributed by atoms with van der Waals surface area (Å²) in [5.41, 5.74) is 0.303. The highest BCUT2D eigenvalue weighted by Gasteiger charge is 2.51. The van der Waals surface area contributed by atoms with Gasteiger partial charge in [-0.05, 0) is 25.7 Å². The molecule has 3 heterocycles. The predicted molar refractivity (Wildman–Crippen MR) is 90.2 cm³/mol. The fourth-order valence-electron chi connectivity index (χ4n) is 4.23. The minimum atomic E-state index is -3.28. The first kappa shape index (κ1) is 16.3. The van der Waals surface area contributed by atoms with Crippen LogP contribution in [-0.4, -0.2) is 71.7 Å². The Morgan fingerprint density at radius 1 is 1.04 bits per heavy atom. The maximum atomic E-state index is 13.1. The topological polar surface area (TPSA) is 101 Å². The lowest BCUT2D eigenvalue weighted by Crippen LogP contribution is -2.62. The number of hydrogen-bond donors (Lipinski definition) is 0. The number of hydrogen-bond acceptors (Lipinski definition) is 6. The van der Waals surface area contributed by atoms with Crippen LogP contribution in [0.5, 0.6) is 0 Å². The number of carbonyl (C=O) groups excluding carboxylic acids is 2. The molecule has 8 nitrogen and oxygen atoms in total. The number of fused-ring (bicyclic) bond motifs is 1. The first-order valence-electron chi connectivity index (χ1n) is 9.20. The Labute approximate surface area is 151 Å². The number of amides is 2. The molecule has 0 spiro atoms. The van der Waals surface area contributed by atoms with E-state index in [1.165, 1.54) is 6.39 Å². The van der Waals surface area contributed by atoms with Crippen molar-refractivity contribution in [2.75, 3.05) is 24.6 Å². The van der Waals surface area contributed by atoms with Crippen molar-refractivity contribution in [1.29, 1.82) is 0 Å². The van der Waals surface area contributed by atoms with Gasteiger partial charge in [-0.2, -0.15) is 0 Å². The molecule has 2 aliphatic carbocycles. The van der Waals surface area contributed by atoms with Gasteiger partial charge >= 0.3 is 0 Å². The zero-order valence-corrected chi connectivity index (χ0v) is 15.2. The molecule has 1 aromatic rings. The molecule has 140 valence electrons. The molecule has 0 unspecified atom stereocenters. The van der Waals surface area contributed by atoms with Crippen molar-refractivity contribution >= 4 is 21.7 Å². The highest BCUT2D eigenvalue weighted by Crippen LogP contribution is 2.42.